The van der Waals surface area contributed by atoms with Crippen molar-refractivity contribution in [2.75, 3.05) is 0 Å². The smallest absolute Gasteiger partial charge is 0.303 e. The number of carbonyl (C=O) groups is 2. The molecular formula is C12H20O4. The van der Waals surface area contributed by atoms with E-state index in [0.29, 0.717) is 0 Å². The molecular weight excluding hydrogens is 208 g/mol. The Kier molecular flexibility index (Phi) is 3.16. The summed E-state index contributed by atoms with van der Waals surface area (Å²) in [6.07, 6.45) is -0.0271. The molecule has 1 saturated heterocycles. The van der Waals surface area contributed by atoms with Crippen LogP contribution < -0.4 is 0 Å². The van der Waals surface area contributed by atoms with Crippen molar-refractivity contribution in [1.82, 2.24) is 0 Å². The molecule has 0 aliphatic carbocycles. The first-order chi connectivity index (χ1) is 7.08. The van der Waals surface area contributed by atoms with Crippen LogP contribution in [-0.2, 0) is 14.3 Å². The molecule has 2 atom stereocenters. The summed E-state index contributed by atoms with van der Waals surface area (Å²) in [5.41, 5.74) is -1.16. The van der Waals surface area contributed by atoms with Crippen LogP contribution in [0.1, 0.15) is 41.0 Å². The van der Waals surface area contributed by atoms with Crippen LogP contribution in [0.4, 0.5) is 0 Å². The average Bonchev–Trinajstić information content (AvgIpc) is 2.14. The fourth-order valence-corrected chi connectivity index (χ4v) is 3.03. The van der Waals surface area contributed by atoms with Crippen LogP contribution in [0.15, 0.2) is 0 Å². The number of carboxylic acids is 1. The largest absolute Gasteiger partial charge is 0.481 e. The van der Waals surface area contributed by atoms with E-state index in [0.717, 1.165) is 0 Å². The third-order valence-electron chi connectivity index (χ3n) is 3.40. The second-order valence-corrected chi connectivity index (χ2v) is 5.60. The maximum Gasteiger partial charge on any atom is 0.303 e. The predicted molar refractivity (Wildman–Crippen MR) is 59.2 cm³/mol. The highest BCUT2D eigenvalue weighted by Crippen LogP contribution is 2.48. The van der Waals surface area contributed by atoms with Crippen molar-refractivity contribution in [3.05, 3.63) is 0 Å². The Morgan fingerprint density at radius 2 is 1.69 bits per heavy atom. The first kappa shape index (κ1) is 13.2. The Hall–Kier alpha value is -0.900. The van der Waals surface area contributed by atoms with Crippen molar-refractivity contribution in [3.8, 4) is 0 Å². The van der Waals surface area contributed by atoms with Gasteiger partial charge in [-0.05, 0) is 34.6 Å². The Morgan fingerprint density at radius 1 is 1.19 bits per heavy atom. The van der Waals surface area contributed by atoms with Gasteiger partial charge in [0.25, 0.3) is 0 Å². The summed E-state index contributed by atoms with van der Waals surface area (Å²) < 4.78 is 5.84. The zero-order chi connectivity index (χ0) is 12.7. The third-order valence-corrected chi connectivity index (χ3v) is 3.40. The highest BCUT2D eigenvalue weighted by Gasteiger charge is 2.56. The van der Waals surface area contributed by atoms with Crippen molar-refractivity contribution in [1.29, 1.82) is 0 Å². The normalized spacial score (nSPS) is 31.3. The van der Waals surface area contributed by atoms with Gasteiger partial charge in [-0.2, -0.15) is 0 Å². The van der Waals surface area contributed by atoms with Gasteiger partial charge in [-0.1, -0.05) is 0 Å². The molecule has 92 valence electrons. The van der Waals surface area contributed by atoms with E-state index in [4.69, 9.17) is 9.84 Å². The van der Waals surface area contributed by atoms with Crippen LogP contribution in [0.3, 0.4) is 0 Å². The van der Waals surface area contributed by atoms with Gasteiger partial charge in [0.15, 0.2) is 0 Å². The quantitative estimate of drug-likeness (QED) is 0.801. The van der Waals surface area contributed by atoms with Crippen molar-refractivity contribution in [2.45, 2.75) is 52.2 Å². The van der Waals surface area contributed by atoms with E-state index < -0.39 is 17.2 Å². The van der Waals surface area contributed by atoms with Crippen molar-refractivity contribution in [2.24, 2.45) is 11.8 Å². The second-order valence-electron chi connectivity index (χ2n) is 5.60. The van der Waals surface area contributed by atoms with Crippen molar-refractivity contribution >= 4 is 11.8 Å². The van der Waals surface area contributed by atoms with E-state index in [1.165, 1.54) is 6.92 Å². The van der Waals surface area contributed by atoms with Crippen LogP contribution in [0.25, 0.3) is 0 Å². The molecule has 1 N–H and O–H groups in total. The minimum atomic E-state index is -0.884. The van der Waals surface area contributed by atoms with Crippen LogP contribution in [0.2, 0.25) is 0 Å². The van der Waals surface area contributed by atoms with Gasteiger partial charge in [-0.3, -0.25) is 9.59 Å². The van der Waals surface area contributed by atoms with Gasteiger partial charge in [0.2, 0.25) is 0 Å². The molecule has 1 heterocycles. The monoisotopic (exact) mass is 228 g/mol. The van der Waals surface area contributed by atoms with E-state index in [-0.39, 0.29) is 24.0 Å². The predicted octanol–water partition coefficient (Wildman–Crippen LogP) is 1.87. The minimum Gasteiger partial charge on any atom is -0.481 e. The Morgan fingerprint density at radius 3 is 2.06 bits per heavy atom. The molecule has 16 heavy (non-hydrogen) atoms. The van der Waals surface area contributed by atoms with E-state index in [2.05, 4.69) is 0 Å². The number of carbonyl (C=O) groups excluding carboxylic acids is 1. The highest BCUT2D eigenvalue weighted by atomic mass is 16.5. The SMILES string of the molecule is CC(=O)[C@@H]1[C@@H](CC(=O)O)C(C)(C)OC1(C)C. The van der Waals surface area contributed by atoms with Gasteiger partial charge in [-0.25, -0.2) is 0 Å². The highest BCUT2D eigenvalue weighted by molar-refractivity contribution is 5.81. The Balaban J connectivity index is 3.08. The lowest BCUT2D eigenvalue weighted by Gasteiger charge is -2.26. The molecule has 0 aromatic rings. The molecule has 1 aliphatic heterocycles. The molecule has 0 spiro atoms. The first-order valence-corrected chi connectivity index (χ1v) is 5.50. The van der Waals surface area contributed by atoms with Gasteiger partial charge in [-0.15, -0.1) is 0 Å². The number of ether oxygens (including phenoxy) is 1. The van der Waals surface area contributed by atoms with E-state index in [1.54, 1.807) is 0 Å². The molecule has 1 rings (SSSR count). The van der Waals surface area contributed by atoms with Crippen LogP contribution in [-0.4, -0.2) is 28.1 Å². The van der Waals surface area contributed by atoms with Gasteiger partial charge in [0.05, 0.1) is 23.5 Å². The lowest BCUT2D eigenvalue weighted by molar-refractivity contribution is -0.140. The fraction of sp³-hybridized carbons (Fsp3) is 0.833. The van der Waals surface area contributed by atoms with Gasteiger partial charge < -0.3 is 9.84 Å². The molecule has 0 amide bonds. The molecule has 0 unspecified atom stereocenters. The van der Waals surface area contributed by atoms with Crippen LogP contribution in [0, 0.1) is 11.8 Å². The maximum absolute atomic E-state index is 11.7. The summed E-state index contributed by atoms with van der Waals surface area (Å²) in [4.78, 5) is 22.5. The van der Waals surface area contributed by atoms with Gasteiger partial charge >= 0.3 is 5.97 Å². The molecule has 0 bridgehead atoms. The summed E-state index contributed by atoms with van der Waals surface area (Å²) in [5.74, 6) is -1.50. The maximum atomic E-state index is 11.7. The summed E-state index contributed by atoms with van der Waals surface area (Å²) in [7, 11) is 0. The van der Waals surface area contributed by atoms with Crippen molar-refractivity contribution < 1.29 is 19.4 Å². The molecule has 0 aromatic carbocycles. The number of carboxylic acid groups (broad SMARTS) is 1. The molecule has 0 aromatic heterocycles. The number of hydrogen-bond acceptors (Lipinski definition) is 3. The van der Waals surface area contributed by atoms with E-state index in [9.17, 15) is 9.59 Å². The molecule has 4 heteroatoms. The lowest BCUT2D eigenvalue weighted by Crippen LogP contribution is -2.36. The summed E-state index contributed by atoms with van der Waals surface area (Å²) in [5, 5.41) is 8.91. The van der Waals surface area contributed by atoms with Gasteiger partial charge in [0, 0.05) is 5.92 Å². The second kappa shape index (κ2) is 3.84. The number of rotatable bonds is 3. The number of ketones is 1. The Labute approximate surface area is 96.0 Å². The summed E-state index contributed by atoms with van der Waals surface area (Å²) in [6.45, 7) is 8.91. The molecule has 0 radical (unpaired) electrons. The molecule has 4 nitrogen and oxygen atoms in total. The number of hydrogen-bond donors (Lipinski definition) is 1. The Bertz CT molecular complexity index is 317. The molecule has 0 saturated carbocycles. The number of aliphatic carboxylic acids is 1. The summed E-state index contributed by atoms with van der Waals surface area (Å²) in [6, 6.07) is 0. The molecule has 1 fully saturated rings. The van der Waals surface area contributed by atoms with Crippen LogP contribution >= 0.6 is 0 Å². The van der Waals surface area contributed by atoms with E-state index >= 15 is 0 Å². The first-order valence-electron chi connectivity index (χ1n) is 5.50. The fourth-order valence-electron chi connectivity index (χ4n) is 3.03. The summed E-state index contributed by atoms with van der Waals surface area (Å²) >= 11 is 0. The van der Waals surface area contributed by atoms with Crippen molar-refractivity contribution in [3.63, 3.8) is 0 Å². The number of Topliss-reactive ketones (excluding diaryl/α,β-unsaturated/α-hetero) is 1. The van der Waals surface area contributed by atoms with Crippen LogP contribution in [0.5, 0.6) is 0 Å². The average molecular weight is 228 g/mol. The topological polar surface area (TPSA) is 63.6 Å². The molecule has 1 aliphatic rings. The lowest BCUT2D eigenvalue weighted by atomic mass is 9.73. The standard InChI is InChI=1S/C12H20O4/c1-7(13)10-8(6-9(14)15)11(2,3)16-12(10,4)5/h8,10H,6H2,1-5H3,(H,14,15)/t8-,10-/m1/s1. The zero-order valence-corrected chi connectivity index (χ0v) is 10.5. The minimum absolute atomic E-state index is 0.00169. The zero-order valence-electron chi connectivity index (χ0n) is 10.5. The third kappa shape index (κ3) is 2.26. The van der Waals surface area contributed by atoms with Gasteiger partial charge in [0.1, 0.15) is 5.78 Å². The van der Waals surface area contributed by atoms with E-state index in [1.807, 2.05) is 27.7 Å².